The monoisotopic (exact) mass is 460 g/mol. The number of thiophene rings is 1. The first kappa shape index (κ1) is 22.8. The zero-order chi connectivity index (χ0) is 22.4. The fourth-order valence-corrected chi connectivity index (χ4v) is 4.70. The second-order valence-electron chi connectivity index (χ2n) is 6.60. The third kappa shape index (κ3) is 5.65. The number of hydrogen-bond acceptors (Lipinski definition) is 8. The van der Waals surface area contributed by atoms with Gasteiger partial charge in [-0.15, -0.1) is 21.5 Å². The average Bonchev–Trinajstić information content (AvgIpc) is 3.34. The number of hydrogen-bond donors (Lipinski definition) is 1. The van der Waals surface area contributed by atoms with Crippen LogP contribution in [0.5, 0.6) is 5.75 Å². The molecule has 0 saturated carbocycles. The van der Waals surface area contributed by atoms with Gasteiger partial charge in [-0.3, -0.25) is 4.79 Å². The number of carbonyl (C=O) groups is 2. The molecule has 0 aliphatic heterocycles. The van der Waals surface area contributed by atoms with E-state index in [0.717, 1.165) is 22.0 Å². The van der Waals surface area contributed by atoms with Crippen molar-refractivity contribution >= 4 is 40.0 Å². The van der Waals surface area contributed by atoms with Gasteiger partial charge in [-0.25, -0.2) is 4.79 Å². The Hall–Kier alpha value is -2.85. The molecule has 10 heteroatoms. The minimum atomic E-state index is -0.471. The average molecular weight is 461 g/mol. The fourth-order valence-electron chi connectivity index (χ4n) is 2.96. The van der Waals surface area contributed by atoms with Crippen LogP contribution < -0.4 is 10.1 Å². The molecule has 164 valence electrons. The Morgan fingerprint density at radius 3 is 2.58 bits per heavy atom. The molecule has 1 N–H and O–H groups in total. The van der Waals surface area contributed by atoms with E-state index in [0.29, 0.717) is 28.7 Å². The molecular formula is C21H24N4O4S2. The Morgan fingerprint density at radius 1 is 1.19 bits per heavy atom. The van der Waals surface area contributed by atoms with Gasteiger partial charge >= 0.3 is 5.97 Å². The number of anilines is 1. The molecule has 2 aromatic heterocycles. The molecule has 0 bridgehead atoms. The molecule has 0 aliphatic rings. The van der Waals surface area contributed by atoms with E-state index in [9.17, 15) is 9.59 Å². The number of benzene rings is 1. The molecule has 0 atom stereocenters. The van der Waals surface area contributed by atoms with Crippen molar-refractivity contribution in [1.29, 1.82) is 0 Å². The molecule has 0 unspecified atom stereocenters. The second kappa shape index (κ2) is 10.5. The number of carbonyl (C=O) groups excluding carboxylic acids is 2. The van der Waals surface area contributed by atoms with Gasteiger partial charge in [-0.05, 0) is 37.6 Å². The Balaban J connectivity index is 1.64. The van der Waals surface area contributed by atoms with Crippen molar-refractivity contribution in [2.45, 2.75) is 32.0 Å². The molecule has 8 nitrogen and oxygen atoms in total. The first-order chi connectivity index (χ1) is 14.9. The summed E-state index contributed by atoms with van der Waals surface area (Å²) in [5, 5.41) is 12.5. The fraction of sp³-hybridized carbons (Fsp3) is 0.333. The van der Waals surface area contributed by atoms with Gasteiger partial charge in [0.05, 0.1) is 25.5 Å². The van der Waals surface area contributed by atoms with Crippen molar-refractivity contribution in [3.8, 4) is 5.75 Å². The van der Waals surface area contributed by atoms with Gasteiger partial charge in [0.1, 0.15) is 16.6 Å². The Bertz CT molecular complexity index is 1060. The van der Waals surface area contributed by atoms with E-state index in [1.165, 1.54) is 30.2 Å². The molecule has 0 aliphatic carbocycles. The lowest BCUT2D eigenvalue weighted by Crippen LogP contribution is -2.16. The number of nitrogens with zero attached hydrogens (tertiary/aromatic N) is 3. The topological polar surface area (TPSA) is 95.3 Å². The molecule has 31 heavy (non-hydrogen) atoms. The quantitative estimate of drug-likeness (QED) is 0.383. The summed E-state index contributed by atoms with van der Waals surface area (Å²) >= 11 is 2.65. The maximum absolute atomic E-state index is 12.5. The van der Waals surface area contributed by atoms with Crippen LogP contribution in [0.1, 0.15) is 33.5 Å². The van der Waals surface area contributed by atoms with E-state index in [1.54, 1.807) is 13.2 Å². The summed E-state index contributed by atoms with van der Waals surface area (Å²) in [5.41, 5.74) is 1.46. The molecule has 1 aromatic carbocycles. The van der Waals surface area contributed by atoms with Crippen molar-refractivity contribution in [3.05, 3.63) is 52.2 Å². The van der Waals surface area contributed by atoms with Gasteiger partial charge in [0.2, 0.25) is 5.91 Å². The first-order valence-corrected chi connectivity index (χ1v) is 11.4. The predicted molar refractivity (Wildman–Crippen MR) is 121 cm³/mol. The maximum Gasteiger partial charge on any atom is 0.340 e. The smallest absolute Gasteiger partial charge is 0.340 e. The summed E-state index contributed by atoms with van der Waals surface area (Å²) in [5.74, 6) is 1.09. The van der Waals surface area contributed by atoms with Crippen LogP contribution in [0.25, 0.3) is 0 Å². The lowest BCUT2D eigenvalue weighted by Gasteiger charge is -2.08. The molecule has 3 aromatic rings. The summed E-state index contributed by atoms with van der Waals surface area (Å²) in [6, 6.07) is 9.53. The highest BCUT2D eigenvalue weighted by Gasteiger charge is 2.18. The Labute approximate surface area is 189 Å². The van der Waals surface area contributed by atoms with Gasteiger partial charge in [-0.2, -0.15) is 0 Å². The van der Waals surface area contributed by atoms with Crippen LogP contribution in [0, 0.1) is 6.92 Å². The lowest BCUT2D eigenvalue weighted by atomic mass is 10.1. The number of amides is 1. The van der Waals surface area contributed by atoms with Gasteiger partial charge in [0.15, 0.2) is 5.16 Å². The van der Waals surface area contributed by atoms with E-state index >= 15 is 0 Å². The van der Waals surface area contributed by atoms with E-state index in [-0.39, 0.29) is 11.7 Å². The number of thioether (sulfide) groups is 1. The number of esters is 1. The van der Waals surface area contributed by atoms with Gasteiger partial charge in [-0.1, -0.05) is 23.9 Å². The van der Waals surface area contributed by atoms with Crippen LogP contribution >= 0.6 is 23.1 Å². The van der Waals surface area contributed by atoms with Gasteiger partial charge in [0, 0.05) is 17.8 Å². The Morgan fingerprint density at radius 2 is 1.94 bits per heavy atom. The van der Waals surface area contributed by atoms with Crippen molar-refractivity contribution in [3.63, 3.8) is 0 Å². The highest BCUT2D eigenvalue weighted by Crippen LogP contribution is 2.29. The van der Waals surface area contributed by atoms with E-state index in [4.69, 9.17) is 9.47 Å². The molecule has 0 spiro atoms. The second-order valence-corrected chi connectivity index (χ2v) is 8.80. The van der Waals surface area contributed by atoms with Crippen LogP contribution in [0.4, 0.5) is 5.00 Å². The predicted octanol–water partition coefficient (Wildman–Crippen LogP) is 3.78. The summed E-state index contributed by atoms with van der Waals surface area (Å²) in [4.78, 5) is 25.3. The minimum Gasteiger partial charge on any atom is -0.497 e. The summed E-state index contributed by atoms with van der Waals surface area (Å²) in [6.07, 6.45) is 0.633. The van der Waals surface area contributed by atoms with Crippen LogP contribution in [0.15, 0.2) is 35.5 Å². The van der Waals surface area contributed by atoms with Crippen molar-refractivity contribution in [1.82, 2.24) is 14.8 Å². The van der Waals surface area contributed by atoms with Crippen molar-refractivity contribution < 1.29 is 19.1 Å². The normalized spacial score (nSPS) is 10.7. The molecule has 1 amide bonds. The highest BCUT2D eigenvalue weighted by molar-refractivity contribution is 7.99. The molecular weight excluding hydrogens is 436 g/mol. The maximum atomic E-state index is 12.5. The number of aryl methyl sites for hydroxylation is 1. The zero-order valence-corrected chi connectivity index (χ0v) is 19.4. The third-order valence-corrected chi connectivity index (χ3v) is 6.41. The SMILES string of the molecule is CCn1c(Cc2ccc(OC)cc2)nnc1SCC(=O)Nc1sc(C)cc1C(=O)OC. The van der Waals surface area contributed by atoms with Crippen LogP contribution in [0.3, 0.4) is 0 Å². The molecule has 0 radical (unpaired) electrons. The van der Waals surface area contributed by atoms with Crippen LogP contribution in [-0.2, 0) is 22.5 Å². The summed E-state index contributed by atoms with van der Waals surface area (Å²) < 4.78 is 12.0. The number of nitrogens with one attached hydrogen (secondary N) is 1. The molecule has 3 rings (SSSR count). The van der Waals surface area contributed by atoms with Gasteiger partial charge < -0.3 is 19.4 Å². The van der Waals surface area contributed by atoms with E-state index in [1.807, 2.05) is 42.7 Å². The van der Waals surface area contributed by atoms with Gasteiger partial charge in [0.25, 0.3) is 0 Å². The third-order valence-electron chi connectivity index (χ3n) is 4.48. The summed E-state index contributed by atoms with van der Waals surface area (Å²) in [7, 11) is 2.95. The molecule has 0 saturated heterocycles. The van der Waals surface area contributed by atoms with Crippen molar-refractivity contribution in [2.75, 3.05) is 25.3 Å². The van der Waals surface area contributed by atoms with Crippen LogP contribution in [0.2, 0.25) is 0 Å². The standard InChI is InChI=1S/C21H24N4O4S2/c1-5-25-17(11-14-6-8-15(28-3)9-7-14)23-24-21(25)30-12-18(26)22-19-16(20(27)29-4)10-13(2)31-19/h6-10H,5,11-12H2,1-4H3,(H,22,26). The largest absolute Gasteiger partial charge is 0.497 e. The number of ether oxygens (including phenoxy) is 2. The number of rotatable bonds is 9. The highest BCUT2D eigenvalue weighted by atomic mass is 32.2. The van der Waals surface area contributed by atoms with E-state index in [2.05, 4.69) is 15.5 Å². The van der Waals surface area contributed by atoms with Crippen molar-refractivity contribution in [2.24, 2.45) is 0 Å². The lowest BCUT2D eigenvalue weighted by molar-refractivity contribution is -0.113. The number of aromatic nitrogens is 3. The van der Waals surface area contributed by atoms with Crippen LogP contribution in [-0.4, -0.2) is 46.6 Å². The zero-order valence-electron chi connectivity index (χ0n) is 17.8. The molecule has 0 fully saturated rings. The first-order valence-electron chi connectivity index (χ1n) is 9.61. The summed E-state index contributed by atoms with van der Waals surface area (Å²) in [6.45, 7) is 4.58. The minimum absolute atomic E-state index is 0.151. The van der Waals surface area contributed by atoms with E-state index < -0.39 is 5.97 Å². The molecule has 2 heterocycles. The Kier molecular flexibility index (Phi) is 7.69. The number of methoxy groups -OCH3 is 2.